The number of morpholine rings is 1. The lowest BCUT2D eigenvalue weighted by Gasteiger charge is -2.34. The third-order valence-electron chi connectivity index (χ3n) is 3.63. The van der Waals surface area contributed by atoms with E-state index in [9.17, 15) is 30.7 Å². The van der Waals surface area contributed by atoms with Crippen LogP contribution in [-0.2, 0) is 10.9 Å². The van der Waals surface area contributed by atoms with Crippen molar-refractivity contribution in [1.29, 1.82) is 0 Å². The normalized spacial score (nSPS) is 21.8. The lowest BCUT2D eigenvalue weighted by molar-refractivity contribution is -0.211. The van der Waals surface area contributed by atoms with Crippen LogP contribution in [0.4, 0.5) is 30.7 Å². The molecule has 136 valence electrons. The van der Waals surface area contributed by atoms with Crippen LogP contribution in [0.1, 0.15) is 17.2 Å². The number of hydrogen-bond donors (Lipinski definition) is 1. The lowest BCUT2D eigenvalue weighted by Crippen LogP contribution is -2.46. The van der Waals surface area contributed by atoms with Gasteiger partial charge in [-0.15, -0.1) is 0 Å². The van der Waals surface area contributed by atoms with Gasteiger partial charge in [-0.1, -0.05) is 6.07 Å². The van der Waals surface area contributed by atoms with E-state index in [1.54, 1.807) is 0 Å². The second-order valence-electron chi connectivity index (χ2n) is 5.41. The van der Waals surface area contributed by atoms with Crippen molar-refractivity contribution in [2.75, 3.05) is 26.2 Å². The van der Waals surface area contributed by atoms with E-state index in [-0.39, 0.29) is 25.3 Å². The van der Waals surface area contributed by atoms with Gasteiger partial charge in [0, 0.05) is 19.6 Å². The summed E-state index contributed by atoms with van der Waals surface area (Å²) in [5.41, 5.74) is -1.45. The lowest BCUT2D eigenvalue weighted by atomic mass is 10.0. The van der Waals surface area contributed by atoms with E-state index in [0.717, 1.165) is 6.07 Å². The van der Waals surface area contributed by atoms with Crippen LogP contribution >= 0.6 is 0 Å². The Morgan fingerprint density at radius 3 is 2.46 bits per heavy atom. The fraction of sp³-hybridized carbons (Fsp3) is 0.571. The maximum atomic E-state index is 13.3. The van der Waals surface area contributed by atoms with Gasteiger partial charge in [0.1, 0.15) is 5.82 Å². The fourth-order valence-corrected chi connectivity index (χ4v) is 2.38. The first-order valence-electron chi connectivity index (χ1n) is 6.94. The molecule has 1 aliphatic rings. The zero-order chi connectivity index (χ0) is 18.1. The summed E-state index contributed by atoms with van der Waals surface area (Å²) >= 11 is 0. The molecule has 0 aliphatic carbocycles. The maximum Gasteiger partial charge on any atom is 0.419 e. The fourth-order valence-electron chi connectivity index (χ4n) is 2.38. The molecule has 1 aliphatic heterocycles. The van der Waals surface area contributed by atoms with Gasteiger partial charge in [-0.2, -0.15) is 26.3 Å². The van der Waals surface area contributed by atoms with Crippen molar-refractivity contribution in [2.24, 2.45) is 0 Å². The van der Waals surface area contributed by atoms with Crippen LogP contribution in [-0.4, -0.2) is 48.5 Å². The van der Waals surface area contributed by atoms with Crippen molar-refractivity contribution in [3.05, 3.63) is 35.1 Å². The number of rotatable bonds is 3. The van der Waals surface area contributed by atoms with Gasteiger partial charge >= 0.3 is 12.4 Å². The maximum absolute atomic E-state index is 13.3. The molecule has 1 N–H and O–H groups in total. The second kappa shape index (κ2) is 6.85. The van der Waals surface area contributed by atoms with E-state index in [1.807, 2.05) is 0 Å². The molecule has 2 rings (SSSR count). The Balaban J connectivity index is 2.13. The second-order valence-corrected chi connectivity index (χ2v) is 5.41. The molecule has 1 saturated heterocycles. The molecule has 1 heterocycles. The van der Waals surface area contributed by atoms with Crippen molar-refractivity contribution >= 4 is 0 Å². The van der Waals surface area contributed by atoms with Crippen molar-refractivity contribution < 1.29 is 40.6 Å². The van der Waals surface area contributed by atoms with Gasteiger partial charge in [-0.05, 0) is 17.7 Å². The molecular weight excluding hydrogens is 347 g/mol. The summed E-state index contributed by atoms with van der Waals surface area (Å²) in [6.45, 7) is -0.780. The Kier molecular flexibility index (Phi) is 5.41. The molecule has 24 heavy (non-hydrogen) atoms. The highest BCUT2D eigenvalue weighted by molar-refractivity contribution is 5.29. The molecule has 1 aromatic carbocycles. The van der Waals surface area contributed by atoms with E-state index in [2.05, 4.69) is 0 Å². The van der Waals surface area contributed by atoms with E-state index in [1.165, 1.54) is 4.90 Å². The Morgan fingerprint density at radius 1 is 1.21 bits per heavy atom. The Hall–Kier alpha value is -1.39. The summed E-state index contributed by atoms with van der Waals surface area (Å²) in [5.74, 6) is -1.44. The highest BCUT2D eigenvalue weighted by atomic mass is 19.4. The first-order chi connectivity index (χ1) is 11.0. The number of aliphatic hydroxyl groups is 1. The minimum Gasteiger partial charge on any atom is -0.382 e. The van der Waals surface area contributed by atoms with Crippen LogP contribution < -0.4 is 0 Å². The van der Waals surface area contributed by atoms with Crippen LogP contribution in [0, 0.1) is 5.82 Å². The standard InChI is InChI=1S/C14H14F7NO2/c15-10-2-1-8(5-9(10)13(16,17)18)11-6-22(3-4-24-11)7-12(23)14(19,20)21/h1-2,5,11-12,23H,3-4,6-7H2. The molecule has 1 aromatic rings. The molecule has 2 atom stereocenters. The summed E-state index contributed by atoms with van der Waals surface area (Å²) in [4.78, 5) is 1.24. The number of halogens is 7. The van der Waals surface area contributed by atoms with Crippen molar-refractivity contribution in [3.8, 4) is 0 Å². The number of hydrogen-bond acceptors (Lipinski definition) is 3. The number of β-amino-alcohol motifs (C(OH)–C–C–N with tert-alkyl or cyclic N) is 1. The highest BCUT2D eigenvalue weighted by Gasteiger charge is 2.40. The van der Waals surface area contributed by atoms with E-state index in [4.69, 9.17) is 9.84 Å². The Labute approximate surface area is 132 Å². The zero-order valence-corrected chi connectivity index (χ0v) is 12.2. The average Bonchev–Trinajstić information content (AvgIpc) is 2.45. The molecule has 2 unspecified atom stereocenters. The quantitative estimate of drug-likeness (QED) is 0.840. The van der Waals surface area contributed by atoms with Crippen molar-refractivity contribution in [3.63, 3.8) is 0 Å². The van der Waals surface area contributed by atoms with Gasteiger partial charge in [0.25, 0.3) is 0 Å². The largest absolute Gasteiger partial charge is 0.419 e. The number of benzene rings is 1. The SMILES string of the molecule is OC(CN1CCOC(c2ccc(F)c(C(F)(F)F)c2)C1)C(F)(F)F. The number of aliphatic hydroxyl groups excluding tert-OH is 1. The molecular formula is C14H14F7NO2. The molecule has 0 radical (unpaired) electrons. The summed E-state index contributed by atoms with van der Waals surface area (Å²) in [6, 6.07) is 2.33. The van der Waals surface area contributed by atoms with Gasteiger partial charge in [0.2, 0.25) is 0 Å². The number of alkyl halides is 6. The minimum atomic E-state index is -4.89. The zero-order valence-electron chi connectivity index (χ0n) is 12.2. The Bertz CT molecular complexity index is 573. The average molecular weight is 361 g/mol. The van der Waals surface area contributed by atoms with E-state index in [0.29, 0.717) is 12.1 Å². The predicted octanol–water partition coefficient (Wildman–Crippen LogP) is 3.14. The molecule has 0 aromatic heterocycles. The Morgan fingerprint density at radius 2 is 1.88 bits per heavy atom. The van der Waals surface area contributed by atoms with Gasteiger partial charge in [0.05, 0.1) is 18.3 Å². The first-order valence-corrected chi connectivity index (χ1v) is 6.94. The van der Waals surface area contributed by atoms with Crippen molar-refractivity contribution in [1.82, 2.24) is 4.90 Å². The molecule has 0 amide bonds. The molecule has 1 fully saturated rings. The summed E-state index contributed by atoms with van der Waals surface area (Å²) in [7, 11) is 0. The van der Waals surface area contributed by atoms with Crippen molar-refractivity contribution in [2.45, 2.75) is 24.6 Å². The predicted molar refractivity (Wildman–Crippen MR) is 68.6 cm³/mol. The molecule has 3 nitrogen and oxygen atoms in total. The first kappa shape index (κ1) is 18.9. The monoisotopic (exact) mass is 361 g/mol. The summed E-state index contributed by atoms with van der Waals surface area (Å²) < 4.78 is 93.9. The number of ether oxygens (including phenoxy) is 1. The van der Waals surface area contributed by atoms with Crippen LogP contribution in [0.2, 0.25) is 0 Å². The van der Waals surface area contributed by atoms with Gasteiger partial charge in [0.15, 0.2) is 6.10 Å². The van der Waals surface area contributed by atoms with E-state index >= 15 is 0 Å². The third kappa shape index (κ3) is 4.58. The van der Waals surface area contributed by atoms with E-state index < -0.39 is 42.5 Å². The topological polar surface area (TPSA) is 32.7 Å². The summed E-state index contributed by atoms with van der Waals surface area (Å²) in [5, 5.41) is 9.08. The smallest absolute Gasteiger partial charge is 0.382 e. The molecule has 0 spiro atoms. The van der Waals surface area contributed by atoms with Crippen LogP contribution in [0.15, 0.2) is 18.2 Å². The van der Waals surface area contributed by atoms with Gasteiger partial charge in [-0.3, -0.25) is 4.90 Å². The van der Waals surface area contributed by atoms with Gasteiger partial charge in [-0.25, -0.2) is 4.39 Å². The number of nitrogens with zero attached hydrogens (tertiary/aromatic N) is 1. The van der Waals surface area contributed by atoms with Crippen LogP contribution in [0.3, 0.4) is 0 Å². The molecule has 0 saturated carbocycles. The molecule has 0 bridgehead atoms. The van der Waals surface area contributed by atoms with Crippen LogP contribution in [0.25, 0.3) is 0 Å². The highest BCUT2D eigenvalue weighted by Crippen LogP contribution is 2.34. The minimum absolute atomic E-state index is 0.00919. The summed E-state index contributed by atoms with van der Waals surface area (Å²) in [6.07, 6.45) is -13.2. The van der Waals surface area contributed by atoms with Crippen LogP contribution in [0.5, 0.6) is 0 Å². The van der Waals surface area contributed by atoms with Gasteiger partial charge < -0.3 is 9.84 Å². The third-order valence-corrected chi connectivity index (χ3v) is 3.63. The molecule has 10 heteroatoms.